The van der Waals surface area contributed by atoms with Crippen molar-refractivity contribution in [2.75, 3.05) is 18.0 Å². The fraction of sp³-hybridized carbons (Fsp3) is 0.259. The Labute approximate surface area is 189 Å². The van der Waals surface area contributed by atoms with Crippen molar-refractivity contribution in [3.63, 3.8) is 0 Å². The molecule has 164 valence electrons. The zero-order chi connectivity index (χ0) is 22.3. The van der Waals surface area contributed by atoms with Crippen LogP contribution in [0.25, 0.3) is 0 Å². The lowest BCUT2D eigenvalue weighted by atomic mass is 10.1. The van der Waals surface area contributed by atoms with Crippen molar-refractivity contribution in [2.24, 2.45) is 0 Å². The number of rotatable bonds is 8. The Balaban J connectivity index is 1.26. The van der Waals surface area contributed by atoms with E-state index in [9.17, 15) is 9.59 Å². The van der Waals surface area contributed by atoms with Crippen molar-refractivity contribution in [1.29, 1.82) is 0 Å². The van der Waals surface area contributed by atoms with Crippen molar-refractivity contribution >= 4 is 17.5 Å². The molecule has 0 aromatic heterocycles. The lowest BCUT2D eigenvalue weighted by Gasteiger charge is -2.16. The lowest BCUT2D eigenvalue weighted by molar-refractivity contribution is -0.118. The maximum atomic E-state index is 12.6. The number of fused-ring (bicyclic) bond motifs is 1. The molecule has 5 heteroatoms. The van der Waals surface area contributed by atoms with Gasteiger partial charge in [0.1, 0.15) is 12.4 Å². The van der Waals surface area contributed by atoms with Crippen LogP contribution in [-0.4, -0.2) is 24.9 Å². The van der Waals surface area contributed by atoms with E-state index < -0.39 is 0 Å². The van der Waals surface area contributed by atoms with Gasteiger partial charge in [-0.2, -0.15) is 0 Å². The van der Waals surface area contributed by atoms with Gasteiger partial charge in [0, 0.05) is 30.8 Å². The summed E-state index contributed by atoms with van der Waals surface area (Å²) < 4.78 is 5.82. The van der Waals surface area contributed by atoms with Crippen LogP contribution in [0.1, 0.15) is 40.4 Å². The second kappa shape index (κ2) is 10.1. The maximum absolute atomic E-state index is 12.6. The minimum Gasteiger partial charge on any atom is -0.489 e. The third kappa shape index (κ3) is 5.17. The average Bonchev–Trinajstić information content (AvgIpc) is 3.27. The van der Waals surface area contributed by atoms with E-state index >= 15 is 0 Å². The highest BCUT2D eigenvalue weighted by molar-refractivity contribution is 5.98. The van der Waals surface area contributed by atoms with E-state index in [1.807, 2.05) is 78.6 Å². The van der Waals surface area contributed by atoms with Gasteiger partial charge in [0.15, 0.2) is 0 Å². The minimum absolute atomic E-state index is 0.0871. The fourth-order valence-corrected chi connectivity index (χ4v) is 3.91. The summed E-state index contributed by atoms with van der Waals surface area (Å²) in [5.74, 6) is 0.865. The van der Waals surface area contributed by atoms with Gasteiger partial charge in [0.05, 0.1) is 0 Å². The van der Waals surface area contributed by atoms with Crippen molar-refractivity contribution < 1.29 is 14.3 Å². The minimum atomic E-state index is -0.0871. The number of benzene rings is 3. The molecule has 0 saturated heterocycles. The Morgan fingerprint density at radius 3 is 2.50 bits per heavy atom. The van der Waals surface area contributed by atoms with E-state index in [1.54, 1.807) is 6.07 Å². The molecule has 0 spiro atoms. The van der Waals surface area contributed by atoms with Crippen LogP contribution in [0.3, 0.4) is 0 Å². The summed E-state index contributed by atoms with van der Waals surface area (Å²) in [6, 6.07) is 23.7. The molecule has 3 aromatic carbocycles. The fourth-order valence-electron chi connectivity index (χ4n) is 3.91. The van der Waals surface area contributed by atoms with Crippen LogP contribution >= 0.6 is 0 Å². The Bertz CT molecular complexity index is 1080. The van der Waals surface area contributed by atoms with Crippen LogP contribution in [0.2, 0.25) is 0 Å². The van der Waals surface area contributed by atoms with Gasteiger partial charge >= 0.3 is 0 Å². The molecular weight excluding hydrogens is 400 g/mol. The average molecular weight is 429 g/mol. The first-order valence-electron chi connectivity index (χ1n) is 11.1. The third-order valence-corrected chi connectivity index (χ3v) is 5.71. The molecule has 1 N–H and O–H groups in total. The second-order valence-electron chi connectivity index (χ2n) is 7.92. The molecule has 0 unspecified atom stereocenters. The highest BCUT2D eigenvalue weighted by Crippen LogP contribution is 2.29. The number of amides is 2. The molecule has 2 amide bonds. The topological polar surface area (TPSA) is 58.6 Å². The van der Waals surface area contributed by atoms with Gasteiger partial charge in [-0.15, -0.1) is 0 Å². The molecule has 0 atom stereocenters. The molecule has 5 nitrogen and oxygen atoms in total. The summed E-state index contributed by atoms with van der Waals surface area (Å²) in [4.78, 5) is 26.4. The van der Waals surface area contributed by atoms with Crippen LogP contribution in [-0.2, 0) is 24.2 Å². The van der Waals surface area contributed by atoms with E-state index in [-0.39, 0.29) is 11.8 Å². The van der Waals surface area contributed by atoms with Crippen LogP contribution in [0.4, 0.5) is 5.69 Å². The second-order valence-corrected chi connectivity index (χ2v) is 7.92. The van der Waals surface area contributed by atoms with Crippen LogP contribution < -0.4 is 15.0 Å². The first-order chi connectivity index (χ1) is 15.6. The van der Waals surface area contributed by atoms with Crippen molar-refractivity contribution in [2.45, 2.75) is 32.8 Å². The molecule has 0 bridgehead atoms. The van der Waals surface area contributed by atoms with E-state index in [4.69, 9.17) is 4.74 Å². The smallest absolute Gasteiger partial charge is 0.251 e. The van der Waals surface area contributed by atoms with E-state index in [0.717, 1.165) is 41.0 Å². The zero-order valence-corrected chi connectivity index (χ0v) is 18.3. The molecule has 0 aliphatic carbocycles. The van der Waals surface area contributed by atoms with Gasteiger partial charge < -0.3 is 15.0 Å². The van der Waals surface area contributed by atoms with Crippen LogP contribution in [0.15, 0.2) is 72.8 Å². The number of hydrogen-bond donors (Lipinski definition) is 1. The molecular formula is C27H28N2O3. The normalized spacial score (nSPS) is 12.3. The SMILES string of the molecule is CCC(=O)N1CCc2cc(C(=O)NCCc3ccc(OCc4ccccc4)cc3)ccc21. The summed E-state index contributed by atoms with van der Waals surface area (Å²) in [6.45, 7) is 3.66. The first-order valence-corrected chi connectivity index (χ1v) is 11.1. The molecule has 1 aliphatic heterocycles. The van der Waals surface area contributed by atoms with Gasteiger partial charge in [0.2, 0.25) is 5.91 Å². The van der Waals surface area contributed by atoms with Gasteiger partial charge in [-0.25, -0.2) is 0 Å². The van der Waals surface area contributed by atoms with Gasteiger partial charge in [0.25, 0.3) is 5.91 Å². The quantitative estimate of drug-likeness (QED) is 0.573. The highest BCUT2D eigenvalue weighted by atomic mass is 16.5. The third-order valence-electron chi connectivity index (χ3n) is 5.71. The number of nitrogens with zero attached hydrogens (tertiary/aromatic N) is 1. The van der Waals surface area contributed by atoms with E-state index in [2.05, 4.69) is 5.32 Å². The summed E-state index contributed by atoms with van der Waals surface area (Å²) in [5, 5.41) is 2.99. The number of carbonyl (C=O) groups excluding carboxylic acids is 2. The monoisotopic (exact) mass is 428 g/mol. The maximum Gasteiger partial charge on any atom is 0.251 e. The Morgan fingerprint density at radius 2 is 1.75 bits per heavy atom. The molecule has 0 fully saturated rings. The number of carbonyl (C=O) groups is 2. The molecule has 0 radical (unpaired) electrons. The van der Waals surface area contributed by atoms with E-state index in [0.29, 0.717) is 31.7 Å². The predicted molar refractivity (Wildman–Crippen MR) is 126 cm³/mol. The summed E-state index contributed by atoms with van der Waals surface area (Å²) >= 11 is 0. The zero-order valence-electron chi connectivity index (χ0n) is 18.3. The Kier molecular flexibility index (Phi) is 6.85. The van der Waals surface area contributed by atoms with Crippen molar-refractivity contribution in [3.8, 4) is 5.75 Å². The van der Waals surface area contributed by atoms with Crippen LogP contribution in [0.5, 0.6) is 5.75 Å². The standard InChI is InChI=1S/C27H28N2O3/c1-2-26(30)29-17-15-22-18-23(10-13-25(22)29)27(31)28-16-14-20-8-11-24(12-9-20)32-19-21-6-4-3-5-7-21/h3-13,18H,2,14-17,19H2,1H3,(H,28,31). The molecule has 4 rings (SSSR count). The van der Waals surface area contributed by atoms with Gasteiger partial charge in [-0.05, 0) is 59.9 Å². The van der Waals surface area contributed by atoms with Gasteiger partial charge in [-0.3, -0.25) is 9.59 Å². The molecule has 1 aliphatic rings. The predicted octanol–water partition coefficient (Wildman–Crippen LogP) is 4.54. The molecule has 3 aromatic rings. The summed E-state index contributed by atoms with van der Waals surface area (Å²) in [6.07, 6.45) is 2.02. The summed E-state index contributed by atoms with van der Waals surface area (Å²) in [7, 11) is 0. The number of ether oxygens (including phenoxy) is 1. The van der Waals surface area contributed by atoms with Crippen LogP contribution in [0, 0.1) is 0 Å². The summed E-state index contributed by atoms with van der Waals surface area (Å²) in [5.41, 5.74) is 4.91. The van der Waals surface area contributed by atoms with Crippen molar-refractivity contribution in [3.05, 3.63) is 95.1 Å². The Hall–Kier alpha value is -3.60. The van der Waals surface area contributed by atoms with E-state index in [1.165, 1.54) is 0 Å². The van der Waals surface area contributed by atoms with Crippen molar-refractivity contribution in [1.82, 2.24) is 5.32 Å². The molecule has 0 saturated carbocycles. The largest absolute Gasteiger partial charge is 0.489 e. The molecule has 1 heterocycles. The Morgan fingerprint density at radius 1 is 0.969 bits per heavy atom. The number of anilines is 1. The first kappa shape index (κ1) is 21.6. The number of hydrogen-bond acceptors (Lipinski definition) is 3. The lowest BCUT2D eigenvalue weighted by Crippen LogP contribution is -2.28. The van der Waals surface area contributed by atoms with Gasteiger partial charge in [-0.1, -0.05) is 49.4 Å². The number of nitrogens with one attached hydrogen (secondary N) is 1. The highest BCUT2D eigenvalue weighted by Gasteiger charge is 2.24. The molecule has 32 heavy (non-hydrogen) atoms.